The van der Waals surface area contributed by atoms with Gasteiger partial charge in [-0.15, -0.1) is 0 Å². The molecule has 0 unspecified atom stereocenters. The molecule has 0 spiro atoms. The first-order chi connectivity index (χ1) is 9.56. The van der Waals surface area contributed by atoms with Gasteiger partial charge in [0, 0.05) is 16.4 Å². The summed E-state index contributed by atoms with van der Waals surface area (Å²) in [6, 6.07) is 7.06. The van der Waals surface area contributed by atoms with Crippen molar-refractivity contribution in [3.63, 3.8) is 0 Å². The molecule has 5 nitrogen and oxygen atoms in total. The Hall–Kier alpha value is -2.08. The fourth-order valence-corrected chi connectivity index (χ4v) is 2.28. The van der Waals surface area contributed by atoms with E-state index in [2.05, 4.69) is 20.9 Å². The van der Waals surface area contributed by atoms with E-state index in [4.69, 9.17) is 10.5 Å². The molecule has 1 aliphatic rings. The number of aryl methyl sites for hydroxylation is 1. The molecular weight excluding hydrogens is 322 g/mol. The minimum absolute atomic E-state index is 0.00624. The van der Waals surface area contributed by atoms with E-state index in [-0.39, 0.29) is 12.5 Å². The minimum Gasteiger partial charge on any atom is -0.482 e. The van der Waals surface area contributed by atoms with Crippen LogP contribution >= 0.6 is 15.9 Å². The van der Waals surface area contributed by atoms with Gasteiger partial charge in [0.1, 0.15) is 11.6 Å². The molecule has 0 radical (unpaired) electrons. The first-order valence-corrected chi connectivity index (χ1v) is 6.83. The Bertz CT molecular complexity index is 703. The number of halogens is 1. The molecule has 102 valence electrons. The van der Waals surface area contributed by atoms with Crippen LogP contribution in [0.2, 0.25) is 0 Å². The van der Waals surface area contributed by atoms with Crippen LogP contribution in [0.4, 0.5) is 17.2 Å². The van der Waals surface area contributed by atoms with Crippen molar-refractivity contribution in [1.29, 1.82) is 0 Å². The summed E-state index contributed by atoms with van der Waals surface area (Å²) in [5.74, 6) is 1.02. The number of nitrogens with zero attached hydrogens (tertiary/aromatic N) is 2. The lowest BCUT2D eigenvalue weighted by Crippen LogP contribution is -2.35. The van der Waals surface area contributed by atoms with Gasteiger partial charge in [-0.25, -0.2) is 4.98 Å². The molecule has 0 saturated heterocycles. The third-order valence-corrected chi connectivity index (χ3v) is 3.92. The Balaban J connectivity index is 2.15. The van der Waals surface area contributed by atoms with Crippen molar-refractivity contribution >= 4 is 39.0 Å². The number of ether oxygens (including phenoxy) is 1. The molecular formula is C14H12BrN3O2. The number of anilines is 3. The number of carbonyl (C=O) groups is 1. The number of aromatic nitrogens is 1. The Morgan fingerprint density at radius 2 is 2.20 bits per heavy atom. The van der Waals surface area contributed by atoms with E-state index in [0.717, 1.165) is 10.0 Å². The predicted octanol–water partition coefficient (Wildman–Crippen LogP) is 2.79. The molecule has 0 atom stereocenters. The van der Waals surface area contributed by atoms with Crippen LogP contribution in [0.25, 0.3) is 0 Å². The largest absolute Gasteiger partial charge is 0.482 e. The van der Waals surface area contributed by atoms with Gasteiger partial charge in [0.2, 0.25) is 0 Å². The summed E-state index contributed by atoms with van der Waals surface area (Å²) in [6.45, 7) is 1.94. The molecule has 1 aromatic heterocycles. The number of benzene rings is 1. The van der Waals surface area contributed by atoms with E-state index in [9.17, 15) is 4.79 Å². The van der Waals surface area contributed by atoms with E-state index >= 15 is 0 Å². The quantitative estimate of drug-likeness (QED) is 0.815. The number of nitrogens with two attached hydrogens (primary N) is 1. The van der Waals surface area contributed by atoms with Crippen LogP contribution < -0.4 is 15.4 Å². The number of nitrogen functional groups attached to an aromatic ring is 1. The molecule has 2 aromatic rings. The fourth-order valence-electron chi connectivity index (χ4n) is 2.07. The highest BCUT2D eigenvalue weighted by molar-refractivity contribution is 9.10. The van der Waals surface area contributed by atoms with E-state index in [1.54, 1.807) is 24.4 Å². The monoisotopic (exact) mass is 333 g/mol. The molecule has 0 saturated carbocycles. The third-order valence-electron chi connectivity index (χ3n) is 3.09. The zero-order valence-electron chi connectivity index (χ0n) is 10.8. The van der Waals surface area contributed by atoms with Crippen molar-refractivity contribution in [2.45, 2.75) is 6.92 Å². The molecule has 0 aliphatic carbocycles. The number of fused-ring (bicyclic) bond motifs is 1. The van der Waals surface area contributed by atoms with Crippen LogP contribution in [0.1, 0.15) is 5.56 Å². The van der Waals surface area contributed by atoms with Crippen molar-refractivity contribution in [1.82, 2.24) is 4.98 Å². The molecule has 20 heavy (non-hydrogen) atoms. The van der Waals surface area contributed by atoms with Gasteiger partial charge in [0.05, 0.1) is 5.69 Å². The van der Waals surface area contributed by atoms with Crippen LogP contribution in [0.5, 0.6) is 5.75 Å². The van der Waals surface area contributed by atoms with Gasteiger partial charge >= 0.3 is 0 Å². The normalized spacial score (nSPS) is 13.9. The lowest BCUT2D eigenvalue weighted by molar-refractivity contribution is -0.120. The molecule has 3 rings (SSSR count). The number of carbonyl (C=O) groups excluding carboxylic acids is 1. The van der Waals surface area contributed by atoms with Crippen LogP contribution in [0, 0.1) is 6.92 Å². The van der Waals surface area contributed by atoms with Gasteiger partial charge in [-0.1, -0.05) is 0 Å². The Labute approximate surface area is 124 Å². The summed E-state index contributed by atoms with van der Waals surface area (Å²) in [7, 11) is 0. The van der Waals surface area contributed by atoms with Gasteiger partial charge < -0.3 is 10.5 Å². The smallest absolute Gasteiger partial charge is 0.270 e. The van der Waals surface area contributed by atoms with Gasteiger partial charge in [-0.2, -0.15) is 0 Å². The summed E-state index contributed by atoms with van der Waals surface area (Å²) in [4.78, 5) is 18.0. The zero-order chi connectivity index (χ0) is 14.3. The van der Waals surface area contributed by atoms with Crippen LogP contribution in [-0.2, 0) is 4.79 Å². The third kappa shape index (κ3) is 2.12. The molecule has 1 aliphatic heterocycles. The summed E-state index contributed by atoms with van der Waals surface area (Å²) in [5.41, 5.74) is 7.99. The first-order valence-electron chi connectivity index (χ1n) is 6.03. The van der Waals surface area contributed by atoms with E-state index in [1.165, 1.54) is 4.90 Å². The standard InChI is InChI=1S/C14H12BrN3O2/c1-8-4-13(17-6-10(8)15)18-11-5-9(16)2-3-12(11)20-7-14(18)19/h2-6H,7,16H2,1H3. The molecule has 1 amide bonds. The SMILES string of the molecule is Cc1cc(N2C(=O)COc3ccc(N)cc32)ncc1Br. The summed E-state index contributed by atoms with van der Waals surface area (Å²) in [5, 5.41) is 0. The van der Waals surface area contributed by atoms with E-state index in [1.807, 2.05) is 13.0 Å². The van der Waals surface area contributed by atoms with Crippen LogP contribution in [0.3, 0.4) is 0 Å². The van der Waals surface area contributed by atoms with Crippen LogP contribution in [0.15, 0.2) is 34.9 Å². The number of hydrogen-bond acceptors (Lipinski definition) is 4. The number of hydrogen-bond donors (Lipinski definition) is 1. The molecule has 6 heteroatoms. The van der Waals surface area contributed by atoms with Crippen molar-refractivity contribution in [3.8, 4) is 5.75 Å². The van der Waals surface area contributed by atoms with Gasteiger partial charge in [0.15, 0.2) is 6.61 Å². The molecule has 0 bridgehead atoms. The molecule has 1 aromatic carbocycles. The first kappa shape index (κ1) is 12.9. The Kier molecular flexibility index (Phi) is 3.10. The van der Waals surface area contributed by atoms with Gasteiger partial charge in [0.25, 0.3) is 5.91 Å². The Morgan fingerprint density at radius 1 is 1.40 bits per heavy atom. The van der Waals surface area contributed by atoms with Crippen molar-refractivity contribution in [2.75, 3.05) is 17.2 Å². The zero-order valence-corrected chi connectivity index (χ0v) is 12.3. The lowest BCUT2D eigenvalue weighted by atomic mass is 10.2. The number of pyridine rings is 1. The topological polar surface area (TPSA) is 68.5 Å². The summed E-state index contributed by atoms with van der Waals surface area (Å²) in [6.07, 6.45) is 1.68. The van der Waals surface area contributed by atoms with E-state index < -0.39 is 0 Å². The molecule has 2 N–H and O–H groups in total. The molecule has 2 heterocycles. The summed E-state index contributed by atoms with van der Waals surface area (Å²) >= 11 is 3.40. The highest BCUT2D eigenvalue weighted by Gasteiger charge is 2.28. The lowest BCUT2D eigenvalue weighted by Gasteiger charge is -2.29. The number of rotatable bonds is 1. The maximum Gasteiger partial charge on any atom is 0.270 e. The molecule has 0 fully saturated rings. The second kappa shape index (κ2) is 4.79. The van der Waals surface area contributed by atoms with Crippen molar-refractivity contribution in [3.05, 3.63) is 40.5 Å². The second-order valence-corrected chi connectivity index (χ2v) is 5.39. The van der Waals surface area contributed by atoms with Gasteiger partial charge in [-0.3, -0.25) is 9.69 Å². The second-order valence-electron chi connectivity index (χ2n) is 4.54. The van der Waals surface area contributed by atoms with Gasteiger partial charge in [-0.05, 0) is 52.7 Å². The van der Waals surface area contributed by atoms with Crippen molar-refractivity contribution in [2.24, 2.45) is 0 Å². The highest BCUT2D eigenvalue weighted by Crippen LogP contribution is 2.38. The maximum atomic E-state index is 12.2. The Morgan fingerprint density at radius 3 is 2.95 bits per heavy atom. The maximum absolute atomic E-state index is 12.2. The number of amides is 1. The summed E-state index contributed by atoms with van der Waals surface area (Å²) < 4.78 is 6.31. The van der Waals surface area contributed by atoms with Crippen LogP contribution in [-0.4, -0.2) is 17.5 Å². The average Bonchev–Trinajstić information content (AvgIpc) is 2.42. The minimum atomic E-state index is -0.169. The predicted molar refractivity (Wildman–Crippen MR) is 80.2 cm³/mol. The van der Waals surface area contributed by atoms with Crippen molar-refractivity contribution < 1.29 is 9.53 Å². The fraction of sp³-hybridized carbons (Fsp3) is 0.143. The average molecular weight is 334 g/mol. The highest BCUT2D eigenvalue weighted by atomic mass is 79.9. The van der Waals surface area contributed by atoms with E-state index in [0.29, 0.717) is 22.9 Å².